The average molecular weight is 494 g/mol. The Hall–Kier alpha value is -0.410. The first-order valence-electron chi connectivity index (χ1n) is 9.64. The Morgan fingerprint density at radius 3 is 2.54 bits per heavy atom. The smallest absolute Gasteiger partial charge is 0.191 e. The van der Waals surface area contributed by atoms with Crippen LogP contribution in [-0.2, 0) is 6.54 Å². The minimum Gasteiger partial charge on any atom is -0.357 e. The molecule has 150 valence electrons. The topological polar surface area (TPSA) is 52.6 Å². The van der Waals surface area contributed by atoms with Gasteiger partial charge >= 0.3 is 0 Å². The van der Waals surface area contributed by atoms with Gasteiger partial charge in [0.1, 0.15) is 5.01 Å². The van der Waals surface area contributed by atoms with E-state index >= 15 is 0 Å². The van der Waals surface area contributed by atoms with E-state index in [0.29, 0.717) is 12.5 Å². The second-order valence-electron chi connectivity index (χ2n) is 7.73. The van der Waals surface area contributed by atoms with Crippen LogP contribution in [0.5, 0.6) is 0 Å². The summed E-state index contributed by atoms with van der Waals surface area (Å²) in [4.78, 5) is 12.0. The summed E-state index contributed by atoms with van der Waals surface area (Å²) in [6, 6.07) is 0. The number of aliphatic imine (C=N–C) groups is 1. The fourth-order valence-corrected chi connectivity index (χ4v) is 3.94. The number of hydrogen-bond donors (Lipinski definition) is 2. The number of nitrogens with zero attached hydrogens (tertiary/aromatic N) is 3. The molecule has 0 saturated carbocycles. The Morgan fingerprint density at radius 2 is 1.96 bits per heavy atom. The van der Waals surface area contributed by atoms with Crippen molar-refractivity contribution in [3.8, 4) is 0 Å². The van der Waals surface area contributed by atoms with Gasteiger partial charge in [0, 0.05) is 24.0 Å². The van der Waals surface area contributed by atoms with E-state index < -0.39 is 0 Å². The minimum absolute atomic E-state index is 0. The standard InChI is InChI=1S/C19H35N5S.HI/c1-6-20-18(21-12-17-23-16(13-25-17)15(2)3)22-14-19(4,5)24-10-8-7-9-11-24;/h13,15H,6-12,14H2,1-5H3,(H2,20,21,22);1H. The number of thiazole rings is 1. The van der Waals surface area contributed by atoms with E-state index in [1.807, 2.05) is 0 Å². The molecule has 0 unspecified atom stereocenters. The molecule has 0 amide bonds. The van der Waals surface area contributed by atoms with E-state index in [1.54, 1.807) is 11.3 Å². The van der Waals surface area contributed by atoms with Gasteiger partial charge in [0.05, 0.1) is 12.2 Å². The molecule has 2 heterocycles. The lowest BCUT2D eigenvalue weighted by atomic mass is 9.98. The molecule has 0 bridgehead atoms. The Bertz CT molecular complexity index is 550. The number of likely N-dealkylation sites (tertiary alicyclic amines) is 1. The molecule has 0 aromatic carbocycles. The molecule has 5 nitrogen and oxygen atoms in total. The second kappa shape index (κ2) is 11.4. The molecule has 0 aliphatic carbocycles. The molecule has 1 aliphatic rings. The normalized spacial score (nSPS) is 16.5. The highest BCUT2D eigenvalue weighted by Crippen LogP contribution is 2.20. The van der Waals surface area contributed by atoms with E-state index in [9.17, 15) is 0 Å². The van der Waals surface area contributed by atoms with Gasteiger partial charge in [-0.2, -0.15) is 0 Å². The van der Waals surface area contributed by atoms with Gasteiger partial charge in [0.25, 0.3) is 0 Å². The largest absolute Gasteiger partial charge is 0.357 e. The number of aromatic nitrogens is 1. The number of hydrogen-bond acceptors (Lipinski definition) is 4. The van der Waals surface area contributed by atoms with Crippen molar-refractivity contribution in [1.82, 2.24) is 20.5 Å². The molecule has 1 saturated heterocycles. The molecule has 1 fully saturated rings. The zero-order valence-corrected chi connectivity index (χ0v) is 20.1. The SMILES string of the molecule is CCNC(=NCc1nc(C(C)C)cs1)NCC(C)(C)N1CCCCC1.I. The van der Waals surface area contributed by atoms with Crippen molar-refractivity contribution in [2.24, 2.45) is 4.99 Å². The number of rotatable bonds is 7. The molecular formula is C19H36IN5S. The number of piperidine rings is 1. The summed E-state index contributed by atoms with van der Waals surface area (Å²) in [5.41, 5.74) is 1.31. The summed E-state index contributed by atoms with van der Waals surface area (Å²) in [5.74, 6) is 1.36. The molecule has 0 spiro atoms. The summed E-state index contributed by atoms with van der Waals surface area (Å²) in [6.45, 7) is 15.9. The van der Waals surface area contributed by atoms with E-state index in [2.05, 4.69) is 60.5 Å². The highest BCUT2D eigenvalue weighted by Gasteiger charge is 2.27. The lowest BCUT2D eigenvalue weighted by molar-refractivity contribution is 0.0982. The summed E-state index contributed by atoms with van der Waals surface area (Å²) < 4.78 is 0. The molecule has 0 atom stereocenters. The van der Waals surface area contributed by atoms with E-state index in [-0.39, 0.29) is 29.5 Å². The Balaban J connectivity index is 0.00000338. The van der Waals surface area contributed by atoms with Crippen LogP contribution in [0.3, 0.4) is 0 Å². The summed E-state index contributed by atoms with van der Waals surface area (Å²) >= 11 is 1.70. The third-order valence-electron chi connectivity index (χ3n) is 4.78. The first-order chi connectivity index (χ1) is 11.9. The summed E-state index contributed by atoms with van der Waals surface area (Å²) in [5, 5.41) is 10.1. The second-order valence-corrected chi connectivity index (χ2v) is 8.67. The van der Waals surface area contributed by atoms with Crippen LogP contribution in [0.4, 0.5) is 0 Å². The third kappa shape index (κ3) is 7.31. The molecule has 0 radical (unpaired) electrons. The van der Waals surface area contributed by atoms with Crippen LogP contribution in [0, 0.1) is 0 Å². The van der Waals surface area contributed by atoms with Crippen molar-refractivity contribution in [3.05, 3.63) is 16.1 Å². The van der Waals surface area contributed by atoms with Crippen LogP contribution in [0.1, 0.15) is 70.5 Å². The fraction of sp³-hybridized carbons (Fsp3) is 0.789. The molecular weight excluding hydrogens is 457 g/mol. The van der Waals surface area contributed by atoms with Crippen LogP contribution < -0.4 is 10.6 Å². The number of nitrogens with one attached hydrogen (secondary N) is 2. The van der Waals surface area contributed by atoms with Crippen LogP contribution in [0.15, 0.2) is 10.4 Å². The van der Waals surface area contributed by atoms with Gasteiger partial charge < -0.3 is 10.6 Å². The van der Waals surface area contributed by atoms with E-state index in [1.165, 1.54) is 38.0 Å². The molecule has 1 aliphatic heterocycles. The first-order valence-corrected chi connectivity index (χ1v) is 10.5. The minimum atomic E-state index is 0. The van der Waals surface area contributed by atoms with Gasteiger partial charge in [-0.3, -0.25) is 4.90 Å². The zero-order chi connectivity index (χ0) is 18.3. The van der Waals surface area contributed by atoms with Crippen LogP contribution in [0.2, 0.25) is 0 Å². The Morgan fingerprint density at radius 1 is 1.27 bits per heavy atom. The lowest BCUT2D eigenvalue weighted by Crippen LogP contribution is -2.54. The van der Waals surface area contributed by atoms with Gasteiger partial charge in [-0.05, 0) is 52.6 Å². The Kier molecular flexibility index (Phi) is 10.4. The highest BCUT2D eigenvalue weighted by atomic mass is 127. The maximum absolute atomic E-state index is 4.73. The van der Waals surface area contributed by atoms with Crippen molar-refractivity contribution >= 4 is 41.3 Å². The lowest BCUT2D eigenvalue weighted by Gasteiger charge is -2.41. The zero-order valence-electron chi connectivity index (χ0n) is 17.0. The van der Waals surface area contributed by atoms with Crippen molar-refractivity contribution in [1.29, 1.82) is 0 Å². The van der Waals surface area contributed by atoms with Gasteiger partial charge in [-0.15, -0.1) is 35.3 Å². The van der Waals surface area contributed by atoms with Crippen molar-refractivity contribution in [2.75, 3.05) is 26.2 Å². The van der Waals surface area contributed by atoms with E-state index in [4.69, 9.17) is 4.99 Å². The average Bonchev–Trinajstić information content (AvgIpc) is 3.07. The predicted octanol–water partition coefficient (Wildman–Crippen LogP) is 4.20. The molecule has 1 aromatic heterocycles. The van der Waals surface area contributed by atoms with Crippen molar-refractivity contribution < 1.29 is 0 Å². The van der Waals surface area contributed by atoms with Crippen LogP contribution >= 0.6 is 35.3 Å². The molecule has 7 heteroatoms. The number of guanidine groups is 1. The van der Waals surface area contributed by atoms with Crippen molar-refractivity contribution in [3.63, 3.8) is 0 Å². The molecule has 2 N–H and O–H groups in total. The predicted molar refractivity (Wildman–Crippen MR) is 124 cm³/mol. The maximum Gasteiger partial charge on any atom is 0.191 e. The van der Waals surface area contributed by atoms with Gasteiger partial charge in [-0.25, -0.2) is 9.98 Å². The molecule has 2 rings (SSSR count). The van der Waals surface area contributed by atoms with Gasteiger partial charge in [0.2, 0.25) is 0 Å². The molecule has 1 aromatic rings. The van der Waals surface area contributed by atoms with Gasteiger partial charge in [0.15, 0.2) is 5.96 Å². The summed E-state index contributed by atoms with van der Waals surface area (Å²) in [7, 11) is 0. The number of halogens is 1. The van der Waals surface area contributed by atoms with Crippen molar-refractivity contribution in [2.45, 2.75) is 71.9 Å². The van der Waals surface area contributed by atoms with Gasteiger partial charge in [-0.1, -0.05) is 20.3 Å². The van der Waals surface area contributed by atoms with Crippen LogP contribution in [0.25, 0.3) is 0 Å². The quantitative estimate of drug-likeness (QED) is 0.340. The third-order valence-corrected chi connectivity index (χ3v) is 5.63. The highest BCUT2D eigenvalue weighted by molar-refractivity contribution is 14.0. The van der Waals surface area contributed by atoms with Crippen LogP contribution in [-0.4, -0.2) is 47.6 Å². The Labute approximate surface area is 180 Å². The molecule has 26 heavy (non-hydrogen) atoms. The monoisotopic (exact) mass is 493 g/mol. The first kappa shape index (κ1) is 23.6. The maximum atomic E-state index is 4.73. The van der Waals surface area contributed by atoms with E-state index in [0.717, 1.165) is 24.1 Å². The summed E-state index contributed by atoms with van der Waals surface area (Å²) in [6.07, 6.45) is 4.01. The fourth-order valence-electron chi connectivity index (χ4n) is 3.06.